The quantitative estimate of drug-likeness (QED) is 0.753. The molecule has 4 heteroatoms. The molecule has 0 aliphatic carbocycles. The summed E-state index contributed by atoms with van der Waals surface area (Å²) in [5.41, 5.74) is 0. The molecule has 0 amide bonds. The predicted octanol–water partition coefficient (Wildman–Crippen LogP) is 0.853. The summed E-state index contributed by atoms with van der Waals surface area (Å²) >= 11 is 3.28. The van der Waals surface area contributed by atoms with Gasteiger partial charge in [-0.25, -0.2) is 0 Å². The first-order valence-corrected chi connectivity index (χ1v) is 5.96. The van der Waals surface area contributed by atoms with Gasteiger partial charge in [-0.3, -0.25) is 4.90 Å². The molecule has 1 rings (SSSR count). The third kappa shape index (κ3) is 3.54. The van der Waals surface area contributed by atoms with E-state index < -0.39 is 0 Å². The Kier molecular flexibility index (Phi) is 5.24. The molecule has 0 spiro atoms. The van der Waals surface area contributed by atoms with E-state index in [9.17, 15) is 5.11 Å². The van der Waals surface area contributed by atoms with Crippen LogP contribution in [0.15, 0.2) is 0 Å². The number of hydrogen-bond acceptors (Lipinski definition) is 3. The molecule has 0 aromatic heterocycles. The van der Waals surface area contributed by atoms with Crippen molar-refractivity contribution in [3.63, 3.8) is 0 Å². The SMILES string of the molecule is CCC1COCCN1CC(O)CBr. The highest BCUT2D eigenvalue weighted by Crippen LogP contribution is 2.11. The van der Waals surface area contributed by atoms with Crippen LogP contribution in [0.3, 0.4) is 0 Å². The molecule has 1 aliphatic heterocycles. The standard InChI is InChI=1S/C9H18BrNO2/c1-2-8-7-13-4-3-11(8)6-9(12)5-10/h8-9,12H,2-7H2,1H3. The van der Waals surface area contributed by atoms with Gasteiger partial charge in [0, 0.05) is 24.5 Å². The van der Waals surface area contributed by atoms with Crippen molar-refractivity contribution in [1.82, 2.24) is 4.90 Å². The molecule has 1 heterocycles. The number of ether oxygens (including phenoxy) is 1. The van der Waals surface area contributed by atoms with Crippen molar-refractivity contribution in [2.24, 2.45) is 0 Å². The van der Waals surface area contributed by atoms with Crippen LogP contribution in [0.25, 0.3) is 0 Å². The molecule has 3 nitrogen and oxygen atoms in total. The van der Waals surface area contributed by atoms with Crippen LogP contribution in [0.1, 0.15) is 13.3 Å². The van der Waals surface area contributed by atoms with Crippen molar-refractivity contribution in [2.45, 2.75) is 25.5 Å². The molecule has 0 saturated carbocycles. The average Bonchev–Trinajstić information content (AvgIpc) is 2.18. The van der Waals surface area contributed by atoms with E-state index in [0.29, 0.717) is 11.4 Å². The van der Waals surface area contributed by atoms with E-state index in [-0.39, 0.29) is 6.10 Å². The Hall–Kier alpha value is 0.360. The molecule has 13 heavy (non-hydrogen) atoms. The van der Waals surface area contributed by atoms with Crippen molar-refractivity contribution in [3.8, 4) is 0 Å². The van der Waals surface area contributed by atoms with Crippen molar-refractivity contribution < 1.29 is 9.84 Å². The second-order valence-corrected chi connectivity index (χ2v) is 4.09. The fourth-order valence-electron chi connectivity index (χ4n) is 1.63. The molecule has 1 saturated heterocycles. The minimum atomic E-state index is -0.257. The largest absolute Gasteiger partial charge is 0.391 e. The summed E-state index contributed by atoms with van der Waals surface area (Å²) in [4.78, 5) is 2.31. The first-order valence-electron chi connectivity index (χ1n) is 4.83. The molecule has 2 atom stereocenters. The van der Waals surface area contributed by atoms with E-state index in [0.717, 1.165) is 32.7 Å². The Balaban J connectivity index is 2.35. The number of halogens is 1. The molecule has 0 bridgehead atoms. The molecule has 0 aromatic rings. The third-order valence-corrected chi connectivity index (χ3v) is 3.19. The number of hydrogen-bond donors (Lipinski definition) is 1. The lowest BCUT2D eigenvalue weighted by molar-refractivity contribution is -0.0240. The zero-order valence-corrected chi connectivity index (χ0v) is 9.66. The first-order chi connectivity index (χ1) is 6.27. The van der Waals surface area contributed by atoms with Gasteiger partial charge in [0.15, 0.2) is 0 Å². The fraction of sp³-hybridized carbons (Fsp3) is 1.00. The van der Waals surface area contributed by atoms with Gasteiger partial charge < -0.3 is 9.84 Å². The molecule has 1 aliphatic rings. The lowest BCUT2D eigenvalue weighted by atomic mass is 10.1. The maximum Gasteiger partial charge on any atom is 0.0763 e. The van der Waals surface area contributed by atoms with Crippen LogP contribution in [0, 0.1) is 0 Å². The Labute approximate surface area is 88.2 Å². The van der Waals surface area contributed by atoms with Crippen LogP contribution in [-0.4, -0.2) is 53.8 Å². The Morgan fingerprint density at radius 3 is 3.08 bits per heavy atom. The van der Waals surface area contributed by atoms with E-state index in [1.165, 1.54) is 0 Å². The minimum absolute atomic E-state index is 0.257. The molecule has 2 unspecified atom stereocenters. The second kappa shape index (κ2) is 5.96. The highest BCUT2D eigenvalue weighted by molar-refractivity contribution is 9.09. The topological polar surface area (TPSA) is 32.7 Å². The minimum Gasteiger partial charge on any atom is -0.391 e. The van der Waals surface area contributed by atoms with E-state index in [2.05, 4.69) is 27.8 Å². The zero-order valence-electron chi connectivity index (χ0n) is 8.08. The molecular formula is C9H18BrNO2. The van der Waals surface area contributed by atoms with Crippen LogP contribution in [0.5, 0.6) is 0 Å². The third-order valence-electron chi connectivity index (χ3n) is 2.44. The highest BCUT2D eigenvalue weighted by atomic mass is 79.9. The van der Waals surface area contributed by atoms with E-state index in [1.54, 1.807) is 0 Å². The van der Waals surface area contributed by atoms with Gasteiger partial charge in [-0.15, -0.1) is 0 Å². The summed E-state index contributed by atoms with van der Waals surface area (Å²) in [7, 11) is 0. The zero-order chi connectivity index (χ0) is 9.68. The van der Waals surface area contributed by atoms with E-state index in [1.807, 2.05) is 0 Å². The Morgan fingerprint density at radius 2 is 2.46 bits per heavy atom. The van der Waals surface area contributed by atoms with Crippen LogP contribution in [0.4, 0.5) is 0 Å². The van der Waals surface area contributed by atoms with Crippen LogP contribution >= 0.6 is 15.9 Å². The monoisotopic (exact) mass is 251 g/mol. The normalized spacial score (nSPS) is 27.5. The van der Waals surface area contributed by atoms with Crippen LogP contribution < -0.4 is 0 Å². The summed E-state index contributed by atoms with van der Waals surface area (Å²) in [6, 6.07) is 0.488. The van der Waals surface area contributed by atoms with Crippen molar-refractivity contribution >= 4 is 15.9 Å². The maximum absolute atomic E-state index is 9.49. The smallest absolute Gasteiger partial charge is 0.0763 e. The van der Waals surface area contributed by atoms with Gasteiger partial charge in [0.2, 0.25) is 0 Å². The van der Waals surface area contributed by atoms with Gasteiger partial charge in [-0.1, -0.05) is 22.9 Å². The Bertz CT molecular complexity index is 146. The van der Waals surface area contributed by atoms with Crippen molar-refractivity contribution in [2.75, 3.05) is 31.6 Å². The Morgan fingerprint density at radius 1 is 1.69 bits per heavy atom. The number of β-amino-alcohol motifs (C(OH)–C–C–N with tert-alkyl or cyclic N) is 1. The lowest BCUT2D eigenvalue weighted by Crippen LogP contribution is -2.48. The summed E-state index contributed by atoms with van der Waals surface area (Å²) < 4.78 is 5.38. The maximum atomic E-state index is 9.49. The summed E-state index contributed by atoms with van der Waals surface area (Å²) in [6.07, 6.45) is 0.835. The molecule has 1 N–H and O–H groups in total. The summed E-state index contributed by atoms with van der Waals surface area (Å²) in [6.45, 7) is 5.47. The van der Waals surface area contributed by atoms with E-state index >= 15 is 0 Å². The van der Waals surface area contributed by atoms with Gasteiger partial charge in [-0.05, 0) is 6.42 Å². The number of rotatable bonds is 4. The number of alkyl halides is 1. The highest BCUT2D eigenvalue weighted by Gasteiger charge is 2.22. The molecule has 1 fully saturated rings. The number of aliphatic hydroxyl groups is 1. The van der Waals surface area contributed by atoms with Gasteiger partial charge in [0.25, 0.3) is 0 Å². The average molecular weight is 252 g/mol. The van der Waals surface area contributed by atoms with Crippen molar-refractivity contribution in [1.29, 1.82) is 0 Å². The molecular weight excluding hydrogens is 234 g/mol. The van der Waals surface area contributed by atoms with Crippen LogP contribution in [-0.2, 0) is 4.74 Å². The predicted molar refractivity (Wildman–Crippen MR) is 56.3 cm³/mol. The van der Waals surface area contributed by atoms with Gasteiger partial charge >= 0.3 is 0 Å². The number of nitrogens with zero attached hydrogens (tertiary/aromatic N) is 1. The summed E-state index contributed by atoms with van der Waals surface area (Å²) in [5.74, 6) is 0. The fourth-order valence-corrected chi connectivity index (χ4v) is 1.83. The number of morpholine rings is 1. The molecule has 0 aromatic carbocycles. The summed E-state index contributed by atoms with van der Waals surface area (Å²) in [5, 5.41) is 10.1. The van der Waals surface area contributed by atoms with Gasteiger partial charge in [0.05, 0.1) is 19.3 Å². The second-order valence-electron chi connectivity index (χ2n) is 3.44. The lowest BCUT2D eigenvalue weighted by Gasteiger charge is -2.35. The van der Waals surface area contributed by atoms with Crippen LogP contribution in [0.2, 0.25) is 0 Å². The van der Waals surface area contributed by atoms with Gasteiger partial charge in [-0.2, -0.15) is 0 Å². The molecule has 78 valence electrons. The number of aliphatic hydroxyl groups excluding tert-OH is 1. The van der Waals surface area contributed by atoms with E-state index in [4.69, 9.17) is 4.74 Å². The first kappa shape index (κ1) is 11.4. The van der Waals surface area contributed by atoms with Crippen molar-refractivity contribution in [3.05, 3.63) is 0 Å². The van der Waals surface area contributed by atoms with Gasteiger partial charge in [0.1, 0.15) is 0 Å². The molecule has 0 radical (unpaired) electrons.